The lowest BCUT2D eigenvalue weighted by Gasteiger charge is -2.32. The quantitative estimate of drug-likeness (QED) is 0.604. The summed E-state index contributed by atoms with van der Waals surface area (Å²) in [4.78, 5) is 33.0. The molecule has 1 fully saturated rings. The van der Waals surface area contributed by atoms with E-state index in [0.717, 1.165) is 34.1 Å². The van der Waals surface area contributed by atoms with E-state index in [1.807, 2.05) is 38.3 Å². The molecule has 0 aromatic carbocycles. The molecular formula is C25H35N5O3S2. The van der Waals surface area contributed by atoms with Crippen molar-refractivity contribution in [3.05, 3.63) is 44.3 Å². The van der Waals surface area contributed by atoms with Crippen molar-refractivity contribution in [1.82, 2.24) is 20.1 Å². The average molecular weight is 518 g/mol. The van der Waals surface area contributed by atoms with Crippen molar-refractivity contribution in [2.24, 2.45) is 5.10 Å². The maximum Gasteiger partial charge on any atom is 0.318 e. The number of nitrogens with zero attached hydrogens (tertiary/aromatic N) is 4. The number of aryl methyl sites for hydroxylation is 1. The molecule has 8 nitrogen and oxygen atoms in total. The molecule has 2 aromatic heterocycles. The van der Waals surface area contributed by atoms with Crippen molar-refractivity contribution in [3.8, 4) is 0 Å². The van der Waals surface area contributed by atoms with Gasteiger partial charge in [0.25, 0.3) is 5.91 Å². The summed E-state index contributed by atoms with van der Waals surface area (Å²) in [5.74, 6) is -0.166. The van der Waals surface area contributed by atoms with Crippen LogP contribution >= 0.6 is 22.7 Å². The van der Waals surface area contributed by atoms with Gasteiger partial charge in [-0.15, -0.1) is 22.7 Å². The van der Waals surface area contributed by atoms with E-state index < -0.39 is 5.54 Å². The molecule has 0 radical (unpaired) electrons. The fourth-order valence-electron chi connectivity index (χ4n) is 4.24. The molecule has 2 aliphatic heterocycles. The predicted molar refractivity (Wildman–Crippen MR) is 141 cm³/mol. The van der Waals surface area contributed by atoms with Crippen LogP contribution in [0.15, 0.2) is 34.1 Å². The third-order valence-electron chi connectivity index (χ3n) is 6.06. The Labute approximate surface area is 215 Å². The third kappa shape index (κ3) is 6.69. The van der Waals surface area contributed by atoms with Gasteiger partial charge in [-0.1, -0.05) is 6.07 Å². The van der Waals surface area contributed by atoms with Crippen LogP contribution in [0, 0.1) is 6.92 Å². The normalized spacial score (nSPS) is 19.0. The number of urea groups is 1. The number of carbonyl (C=O) groups is 2. The van der Waals surface area contributed by atoms with Gasteiger partial charge in [0.2, 0.25) is 0 Å². The van der Waals surface area contributed by atoms with Gasteiger partial charge < -0.3 is 15.0 Å². The molecule has 0 saturated carbocycles. The third-order valence-corrected chi connectivity index (χ3v) is 8.10. The molecule has 1 unspecified atom stereocenters. The molecule has 4 rings (SSSR count). The second-order valence-electron chi connectivity index (χ2n) is 10.0. The number of hydrazone groups is 1. The summed E-state index contributed by atoms with van der Waals surface area (Å²) in [6.07, 6.45) is 0.676. The zero-order valence-corrected chi connectivity index (χ0v) is 22.6. The van der Waals surface area contributed by atoms with Crippen molar-refractivity contribution in [3.63, 3.8) is 0 Å². The van der Waals surface area contributed by atoms with Gasteiger partial charge in [0.15, 0.2) is 0 Å². The number of hydrogen-bond acceptors (Lipinski definition) is 7. The molecule has 1 N–H and O–H groups in total. The summed E-state index contributed by atoms with van der Waals surface area (Å²) in [5.41, 5.74) is 1.69. The molecule has 2 aromatic rings. The Morgan fingerprint density at radius 2 is 1.97 bits per heavy atom. The van der Waals surface area contributed by atoms with Gasteiger partial charge in [0.05, 0.1) is 29.8 Å². The molecule has 3 amide bonds. The standard InChI is InChI=1S/C25H35N5O3S2/c1-18-7-15-35-23(18)20-16-19(21-6-5-14-34-21)27-30(20)22(31)17-29(24(32)26-25(2,3)4)9-8-28-10-12-33-13-11-28/h5-7,14-15,20H,8-13,16-17H2,1-4H3,(H,26,32). The molecule has 1 saturated heterocycles. The monoisotopic (exact) mass is 517 g/mol. The van der Waals surface area contributed by atoms with Gasteiger partial charge in [0, 0.05) is 43.0 Å². The van der Waals surface area contributed by atoms with E-state index in [4.69, 9.17) is 9.84 Å². The Balaban J connectivity index is 1.53. The minimum Gasteiger partial charge on any atom is -0.379 e. The summed E-state index contributed by atoms with van der Waals surface area (Å²) in [6, 6.07) is 5.75. The van der Waals surface area contributed by atoms with E-state index in [1.165, 1.54) is 0 Å². The molecule has 2 aliphatic rings. The van der Waals surface area contributed by atoms with Crippen LogP contribution in [0.3, 0.4) is 0 Å². The molecule has 10 heteroatoms. The van der Waals surface area contributed by atoms with Gasteiger partial charge >= 0.3 is 6.03 Å². The first kappa shape index (κ1) is 25.8. The lowest BCUT2D eigenvalue weighted by molar-refractivity contribution is -0.133. The van der Waals surface area contributed by atoms with E-state index in [2.05, 4.69) is 28.6 Å². The fourth-order valence-corrected chi connectivity index (χ4v) is 5.97. The van der Waals surface area contributed by atoms with E-state index in [0.29, 0.717) is 32.7 Å². The Bertz CT molecular complexity index is 1040. The van der Waals surface area contributed by atoms with Crippen LogP contribution in [-0.4, -0.2) is 83.9 Å². The number of ether oxygens (including phenoxy) is 1. The van der Waals surface area contributed by atoms with Crippen LogP contribution in [0.2, 0.25) is 0 Å². The molecule has 0 aliphatic carbocycles. The van der Waals surface area contributed by atoms with Crippen LogP contribution in [0.5, 0.6) is 0 Å². The zero-order valence-electron chi connectivity index (χ0n) is 21.0. The van der Waals surface area contributed by atoms with E-state index in [1.54, 1.807) is 32.6 Å². The van der Waals surface area contributed by atoms with Crippen molar-refractivity contribution in [2.45, 2.75) is 45.7 Å². The molecule has 0 bridgehead atoms. The smallest absolute Gasteiger partial charge is 0.318 e. The summed E-state index contributed by atoms with van der Waals surface area (Å²) in [7, 11) is 0. The first-order valence-corrected chi connectivity index (χ1v) is 13.8. The minimum absolute atomic E-state index is 0.0194. The molecule has 1 atom stereocenters. The molecule has 0 spiro atoms. The maximum atomic E-state index is 13.7. The van der Waals surface area contributed by atoms with Gasteiger partial charge in [0.1, 0.15) is 6.54 Å². The summed E-state index contributed by atoms with van der Waals surface area (Å²) in [5, 5.41) is 13.5. The summed E-state index contributed by atoms with van der Waals surface area (Å²) in [6.45, 7) is 12.1. The topological polar surface area (TPSA) is 77.5 Å². The SMILES string of the molecule is Cc1ccsc1C1CC(c2cccs2)=NN1C(=O)CN(CCN1CCOCC1)C(=O)NC(C)(C)C. The number of amides is 3. The van der Waals surface area contributed by atoms with Crippen LogP contribution in [0.1, 0.15) is 48.6 Å². The molecule has 35 heavy (non-hydrogen) atoms. The first-order chi connectivity index (χ1) is 16.7. The fraction of sp³-hybridized carbons (Fsp3) is 0.560. The highest BCUT2D eigenvalue weighted by molar-refractivity contribution is 7.12. The second-order valence-corrected chi connectivity index (χ2v) is 11.9. The summed E-state index contributed by atoms with van der Waals surface area (Å²) < 4.78 is 5.44. The molecule has 190 valence electrons. The van der Waals surface area contributed by atoms with E-state index in [9.17, 15) is 9.59 Å². The van der Waals surface area contributed by atoms with Crippen LogP contribution in [0.4, 0.5) is 4.79 Å². The number of rotatable bonds is 7. The van der Waals surface area contributed by atoms with Crippen molar-refractivity contribution < 1.29 is 14.3 Å². The van der Waals surface area contributed by atoms with Gasteiger partial charge in [-0.05, 0) is 56.2 Å². The van der Waals surface area contributed by atoms with Gasteiger partial charge in [-0.3, -0.25) is 9.69 Å². The van der Waals surface area contributed by atoms with E-state index >= 15 is 0 Å². The Morgan fingerprint density at radius 1 is 1.20 bits per heavy atom. The van der Waals surface area contributed by atoms with Crippen molar-refractivity contribution in [1.29, 1.82) is 0 Å². The lowest BCUT2D eigenvalue weighted by Crippen LogP contribution is -2.53. The largest absolute Gasteiger partial charge is 0.379 e. The number of nitrogens with one attached hydrogen (secondary N) is 1. The highest BCUT2D eigenvalue weighted by Crippen LogP contribution is 2.37. The first-order valence-electron chi connectivity index (χ1n) is 12.1. The Hall–Kier alpha value is -2.27. The Kier molecular flexibility index (Phi) is 8.26. The number of hydrogen-bond donors (Lipinski definition) is 1. The minimum atomic E-state index is -0.397. The molecular weight excluding hydrogens is 482 g/mol. The average Bonchev–Trinajstić information content (AvgIpc) is 3.56. The van der Waals surface area contributed by atoms with Crippen LogP contribution in [-0.2, 0) is 9.53 Å². The zero-order chi connectivity index (χ0) is 25.0. The Morgan fingerprint density at radius 3 is 2.60 bits per heavy atom. The van der Waals surface area contributed by atoms with E-state index in [-0.39, 0.29) is 24.5 Å². The molecule has 4 heterocycles. The second kappa shape index (κ2) is 11.2. The van der Waals surface area contributed by atoms with Crippen LogP contribution < -0.4 is 5.32 Å². The number of carbonyl (C=O) groups excluding carboxylic acids is 2. The lowest BCUT2D eigenvalue weighted by atomic mass is 10.1. The van der Waals surface area contributed by atoms with Gasteiger partial charge in [-0.2, -0.15) is 5.10 Å². The highest BCUT2D eigenvalue weighted by atomic mass is 32.1. The van der Waals surface area contributed by atoms with Crippen molar-refractivity contribution in [2.75, 3.05) is 45.9 Å². The van der Waals surface area contributed by atoms with Crippen molar-refractivity contribution >= 4 is 40.3 Å². The highest BCUT2D eigenvalue weighted by Gasteiger charge is 2.36. The number of thiophene rings is 2. The van der Waals surface area contributed by atoms with Crippen LogP contribution in [0.25, 0.3) is 0 Å². The summed E-state index contributed by atoms with van der Waals surface area (Å²) >= 11 is 3.29. The maximum absolute atomic E-state index is 13.7. The number of morpholine rings is 1. The predicted octanol–water partition coefficient (Wildman–Crippen LogP) is 3.94. The van der Waals surface area contributed by atoms with Gasteiger partial charge in [-0.25, -0.2) is 9.80 Å².